The monoisotopic (exact) mass is 993 g/mol. The molecule has 17 nitrogen and oxygen atoms in total. The number of amides is 4. The highest BCUT2D eigenvalue weighted by atomic mass is 32.2. The second-order valence-electron chi connectivity index (χ2n) is 17.8. The van der Waals surface area contributed by atoms with E-state index in [4.69, 9.17) is 14.2 Å². The number of hydrogen-bond donors (Lipinski definition) is 5. The molecule has 2 aliphatic heterocycles. The lowest BCUT2D eigenvalue weighted by Gasteiger charge is -2.39. The van der Waals surface area contributed by atoms with Crippen LogP contribution < -0.4 is 16.0 Å². The summed E-state index contributed by atoms with van der Waals surface area (Å²) in [7, 11) is -4.63. The van der Waals surface area contributed by atoms with Gasteiger partial charge in [-0.3, -0.25) is 14.6 Å². The Bertz CT molecular complexity index is 3100. The Morgan fingerprint density at radius 2 is 1.38 bits per heavy atom. The first-order valence-electron chi connectivity index (χ1n) is 22.8. The number of esters is 1. The van der Waals surface area contributed by atoms with E-state index in [1.807, 2.05) is 54.6 Å². The molecule has 3 heterocycles. The van der Waals surface area contributed by atoms with Gasteiger partial charge in [-0.05, 0) is 84.5 Å². The Balaban J connectivity index is 0.952. The zero-order valence-electron chi connectivity index (χ0n) is 39.4. The molecule has 3 atom stereocenters. The molecule has 18 heteroatoms. The van der Waals surface area contributed by atoms with Crippen molar-refractivity contribution >= 4 is 45.9 Å². The zero-order valence-corrected chi connectivity index (χ0v) is 40.2. The maximum absolute atomic E-state index is 14.8. The van der Waals surface area contributed by atoms with Crippen molar-refractivity contribution in [2.24, 2.45) is 0 Å². The van der Waals surface area contributed by atoms with Gasteiger partial charge in [0.05, 0.1) is 11.3 Å². The van der Waals surface area contributed by atoms with E-state index in [1.54, 1.807) is 74.5 Å². The van der Waals surface area contributed by atoms with Gasteiger partial charge in [0.15, 0.2) is 38.9 Å². The number of carbonyl (C=O) groups is 5. The van der Waals surface area contributed by atoms with E-state index in [-0.39, 0.29) is 42.2 Å². The number of sulfone groups is 1. The lowest BCUT2D eigenvalue weighted by Crippen LogP contribution is -2.60. The standard InChI is InChI=1S/C54H51N5O12S/c1-53(2,40-22-20-36(21-23-40)35-13-7-4-8-14-35)71-52(66)57-28-27-56-47(62)39-25-26-55-41(30-39)31-42-48(63)59-46(50(64)70-45(37-15-9-5-10-16-37)38-17-11-6-12-18-38)54(3,72(67,68)49(42)59)33-69-51(65)58-32-34-19-24-43(60)44(61)29-34/h4-26,29-31,45-46,49,60-61H,27-28,32-33H2,1-3H3,(H,56,62)(H,57,66)(H,58,65)/t46-,49+,54-/m0/s1. The molecule has 0 aliphatic carbocycles. The van der Waals surface area contributed by atoms with Crippen LogP contribution in [0.5, 0.6) is 11.5 Å². The minimum absolute atomic E-state index is 0.0125. The van der Waals surface area contributed by atoms with Crippen LogP contribution in [0.1, 0.15) is 65.2 Å². The number of rotatable bonds is 16. The predicted octanol–water partition coefficient (Wildman–Crippen LogP) is 6.92. The molecule has 5 N–H and O–H groups in total. The van der Waals surface area contributed by atoms with Crippen LogP contribution >= 0.6 is 0 Å². The molecule has 2 aliphatic rings. The second-order valence-corrected chi connectivity index (χ2v) is 20.3. The summed E-state index contributed by atoms with van der Waals surface area (Å²) in [4.78, 5) is 73.1. The molecule has 0 spiro atoms. The van der Waals surface area contributed by atoms with Crippen LogP contribution in [0.4, 0.5) is 9.59 Å². The molecule has 0 unspecified atom stereocenters. The van der Waals surface area contributed by atoms with Crippen molar-refractivity contribution in [2.45, 2.75) is 55.2 Å². The molecule has 72 heavy (non-hydrogen) atoms. The molecule has 5 aromatic carbocycles. The van der Waals surface area contributed by atoms with Crippen molar-refractivity contribution in [3.63, 3.8) is 0 Å². The van der Waals surface area contributed by atoms with Crippen LogP contribution in [-0.4, -0.2) is 94.3 Å². The summed E-state index contributed by atoms with van der Waals surface area (Å²) in [6, 6.07) is 39.9. The van der Waals surface area contributed by atoms with Gasteiger partial charge in [0.2, 0.25) is 0 Å². The van der Waals surface area contributed by atoms with Crippen LogP contribution in [0.15, 0.2) is 157 Å². The fourth-order valence-corrected chi connectivity index (χ4v) is 10.8. The summed E-state index contributed by atoms with van der Waals surface area (Å²) in [6.45, 7) is 3.70. The van der Waals surface area contributed by atoms with E-state index in [9.17, 15) is 42.6 Å². The third-order valence-electron chi connectivity index (χ3n) is 12.5. The Kier molecular flexibility index (Phi) is 14.4. The SMILES string of the molecule is CC(C)(OC(=O)NCCNC(=O)c1ccnc(C=C2C(=O)N3[C@@H](C(=O)OC(c4ccccc4)c4ccccc4)[C@](C)(COC(=O)NCc4ccc(O)c(O)c4)S(=O)(=O)[C@H]23)c1)c1ccc(-c2ccccc2)cc1. The molecule has 370 valence electrons. The van der Waals surface area contributed by atoms with Gasteiger partial charge in [0.25, 0.3) is 11.8 Å². The van der Waals surface area contributed by atoms with Crippen molar-refractivity contribution in [1.82, 2.24) is 25.8 Å². The number of fused-ring (bicyclic) bond motifs is 1. The number of nitrogens with zero attached hydrogens (tertiary/aromatic N) is 2. The van der Waals surface area contributed by atoms with E-state index in [1.165, 1.54) is 49.5 Å². The molecule has 0 radical (unpaired) electrons. The maximum Gasteiger partial charge on any atom is 0.408 e. The third-order valence-corrected chi connectivity index (χ3v) is 15.2. The van der Waals surface area contributed by atoms with Gasteiger partial charge in [-0.2, -0.15) is 0 Å². The number of carbonyl (C=O) groups excluding carboxylic acids is 5. The van der Waals surface area contributed by atoms with Gasteiger partial charge in [0.1, 0.15) is 17.0 Å². The minimum Gasteiger partial charge on any atom is -0.504 e. The molecule has 1 aromatic heterocycles. The average Bonchev–Trinajstić information content (AvgIpc) is 3.55. The molecule has 2 fully saturated rings. The molecular formula is C54H51N5O12S. The van der Waals surface area contributed by atoms with E-state index in [0.29, 0.717) is 16.7 Å². The summed E-state index contributed by atoms with van der Waals surface area (Å²) in [5.74, 6) is -3.25. The van der Waals surface area contributed by atoms with E-state index < -0.39 is 80.0 Å². The number of nitrogens with one attached hydrogen (secondary N) is 3. The summed E-state index contributed by atoms with van der Waals surface area (Å²) in [5, 5.41) is 25.6. The van der Waals surface area contributed by atoms with Crippen LogP contribution in [0, 0.1) is 0 Å². The first kappa shape index (κ1) is 49.9. The number of ether oxygens (including phenoxy) is 3. The molecule has 0 bridgehead atoms. The van der Waals surface area contributed by atoms with Gasteiger partial charge in [-0.1, -0.05) is 121 Å². The Morgan fingerprint density at radius 1 is 0.764 bits per heavy atom. The minimum atomic E-state index is -4.63. The number of hydrogen-bond acceptors (Lipinski definition) is 13. The molecule has 6 aromatic rings. The highest BCUT2D eigenvalue weighted by Gasteiger charge is 2.73. The average molecular weight is 994 g/mol. The summed E-state index contributed by atoms with van der Waals surface area (Å²) in [5.41, 5.74) is 3.32. The van der Waals surface area contributed by atoms with Crippen molar-refractivity contribution in [3.8, 4) is 22.6 Å². The molecule has 8 rings (SSSR count). The number of alkyl carbamates (subject to hydrolysis) is 2. The van der Waals surface area contributed by atoms with Crippen molar-refractivity contribution in [1.29, 1.82) is 0 Å². The van der Waals surface area contributed by atoms with Crippen molar-refractivity contribution in [2.75, 3.05) is 19.7 Å². The lowest BCUT2D eigenvalue weighted by molar-refractivity contribution is -0.161. The Hall–Kier alpha value is -8.51. The Labute approximate surface area is 415 Å². The van der Waals surface area contributed by atoms with Gasteiger partial charge in [-0.15, -0.1) is 0 Å². The van der Waals surface area contributed by atoms with Gasteiger partial charge in [0, 0.05) is 31.4 Å². The highest BCUT2D eigenvalue weighted by molar-refractivity contribution is 7.94. The van der Waals surface area contributed by atoms with Crippen molar-refractivity contribution in [3.05, 3.63) is 191 Å². The topological polar surface area (TPSA) is 240 Å². The van der Waals surface area contributed by atoms with Crippen molar-refractivity contribution < 1.29 is 56.8 Å². The first-order valence-corrected chi connectivity index (χ1v) is 24.4. The summed E-state index contributed by atoms with van der Waals surface area (Å²) >= 11 is 0. The van der Waals surface area contributed by atoms with Gasteiger partial charge >= 0.3 is 18.2 Å². The molecular weight excluding hydrogens is 943 g/mol. The number of phenols is 2. The van der Waals surface area contributed by atoms with Crippen LogP contribution in [0.2, 0.25) is 0 Å². The number of pyridine rings is 1. The molecule has 0 saturated carbocycles. The predicted molar refractivity (Wildman–Crippen MR) is 264 cm³/mol. The highest BCUT2D eigenvalue weighted by Crippen LogP contribution is 2.50. The fourth-order valence-electron chi connectivity index (χ4n) is 8.55. The summed E-state index contributed by atoms with van der Waals surface area (Å²) in [6.07, 6.45) is -0.265. The number of phenolic OH excluding ortho intramolecular Hbond substituents is 2. The number of aromatic hydroxyl groups is 2. The van der Waals surface area contributed by atoms with Crippen LogP contribution in [0.3, 0.4) is 0 Å². The maximum atomic E-state index is 14.8. The molecule has 2 saturated heterocycles. The van der Waals surface area contributed by atoms with Crippen LogP contribution in [-0.2, 0) is 45.8 Å². The number of aromatic nitrogens is 1. The quantitative estimate of drug-likeness (QED) is 0.0166. The van der Waals surface area contributed by atoms with Crippen LogP contribution in [0.25, 0.3) is 17.2 Å². The third kappa shape index (κ3) is 10.5. The summed E-state index contributed by atoms with van der Waals surface area (Å²) < 4.78 is 44.6. The zero-order chi connectivity index (χ0) is 51.2. The lowest BCUT2D eigenvalue weighted by atomic mass is 9.93. The smallest absolute Gasteiger partial charge is 0.408 e. The largest absolute Gasteiger partial charge is 0.504 e. The van der Waals surface area contributed by atoms with E-state index in [2.05, 4.69) is 20.9 Å². The van der Waals surface area contributed by atoms with E-state index in [0.717, 1.165) is 21.6 Å². The Morgan fingerprint density at radius 3 is 2.01 bits per heavy atom. The first-order chi connectivity index (χ1) is 34.5. The normalized spacial score (nSPS) is 18.4. The van der Waals surface area contributed by atoms with Gasteiger partial charge in [-0.25, -0.2) is 22.8 Å². The second kappa shape index (κ2) is 20.8. The van der Waals surface area contributed by atoms with Gasteiger partial charge < -0.3 is 45.3 Å². The number of β-lactam (4-membered cyclic amide) rings is 1. The number of benzene rings is 5. The fraction of sp³-hybridized carbons (Fsp3) is 0.222. The molecule has 4 amide bonds. The van der Waals surface area contributed by atoms with E-state index >= 15 is 0 Å².